The Morgan fingerprint density at radius 1 is 1.03 bits per heavy atom. The van der Waals surface area contributed by atoms with Crippen LogP contribution in [-0.4, -0.2) is 36.9 Å². The average Bonchev–Trinajstić information content (AvgIpc) is 2.72. The first-order valence-electron chi connectivity index (χ1n) is 9.91. The van der Waals surface area contributed by atoms with Crippen molar-refractivity contribution in [3.05, 3.63) is 47.9 Å². The first kappa shape index (κ1) is 24.7. The molecule has 3 aromatic rings. The van der Waals surface area contributed by atoms with Crippen LogP contribution in [0.25, 0.3) is 11.5 Å². The molecule has 0 bridgehead atoms. The van der Waals surface area contributed by atoms with Gasteiger partial charge in [0.1, 0.15) is 11.4 Å². The SMILES string of the molecule is CC(C)(CC#N)Nc1nc(Nc2ccnc(CC(F)F)c2)nc(-c2cccc(C(F)(F)F)n2)n1. The number of nitrogens with one attached hydrogen (secondary N) is 2. The zero-order valence-corrected chi connectivity index (χ0v) is 18.0. The molecule has 0 saturated carbocycles. The Hall–Kier alpha value is -3.95. The van der Waals surface area contributed by atoms with Crippen molar-refractivity contribution in [2.24, 2.45) is 0 Å². The standard InChI is InChI=1S/C21H19F5N8/c1-20(2,7-8-27)34-19-32-17(14-4-3-5-15(30-14)21(24,25)26)31-18(33-19)29-12-6-9-28-13(10-12)11-16(22)23/h3-6,9-10,16H,7,11H2,1-2H3,(H2,28,29,31,32,33,34). The van der Waals surface area contributed by atoms with E-state index in [0.29, 0.717) is 5.69 Å². The number of hydrogen-bond donors (Lipinski definition) is 2. The number of rotatable bonds is 8. The molecule has 0 atom stereocenters. The second-order valence-corrected chi connectivity index (χ2v) is 7.81. The van der Waals surface area contributed by atoms with Crippen LogP contribution in [0.15, 0.2) is 36.5 Å². The number of nitrogens with zero attached hydrogens (tertiary/aromatic N) is 6. The molecule has 34 heavy (non-hydrogen) atoms. The monoisotopic (exact) mass is 478 g/mol. The van der Waals surface area contributed by atoms with E-state index in [9.17, 15) is 22.0 Å². The molecule has 3 aromatic heterocycles. The lowest BCUT2D eigenvalue weighted by atomic mass is 10.0. The van der Waals surface area contributed by atoms with E-state index in [4.69, 9.17) is 5.26 Å². The summed E-state index contributed by atoms with van der Waals surface area (Å²) in [5.74, 6) is -0.261. The lowest BCUT2D eigenvalue weighted by Gasteiger charge is -2.23. The molecule has 0 aliphatic carbocycles. The maximum atomic E-state index is 13.1. The Bertz CT molecular complexity index is 1190. The van der Waals surface area contributed by atoms with Gasteiger partial charge < -0.3 is 10.6 Å². The molecule has 0 aliphatic rings. The first-order valence-corrected chi connectivity index (χ1v) is 9.91. The van der Waals surface area contributed by atoms with Gasteiger partial charge in [0.05, 0.1) is 18.9 Å². The molecule has 0 aromatic carbocycles. The summed E-state index contributed by atoms with van der Waals surface area (Å²) >= 11 is 0. The molecule has 0 spiro atoms. The van der Waals surface area contributed by atoms with Crippen LogP contribution in [0.1, 0.15) is 31.7 Å². The van der Waals surface area contributed by atoms with E-state index in [1.807, 2.05) is 6.07 Å². The maximum Gasteiger partial charge on any atom is 0.433 e. The number of halogens is 5. The summed E-state index contributed by atoms with van der Waals surface area (Å²) < 4.78 is 64.8. The van der Waals surface area contributed by atoms with Crippen LogP contribution < -0.4 is 10.6 Å². The van der Waals surface area contributed by atoms with Crippen LogP contribution in [-0.2, 0) is 12.6 Å². The third-order valence-corrected chi connectivity index (χ3v) is 4.31. The van der Waals surface area contributed by atoms with Gasteiger partial charge in [-0.25, -0.2) is 13.8 Å². The van der Waals surface area contributed by atoms with E-state index in [1.54, 1.807) is 13.8 Å². The summed E-state index contributed by atoms with van der Waals surface area (Å²) in [6.45, 7) is 3.43. The lowest BCUT2D eigenvalue weighted by molar-refractivity contribution is -0.141. The Kier molecular flexibility index (Phi) is 7.19. The second-order valence-electron chi connectivity index (χ2n) is 7.81. The predicted octanol–water partition coefficient (Wildman–Crippen LogP) is 5.00. The molecule has 0 unspecified atom stereocenters. The maximum absolute atomic E-state index is 13.1. The highest BCUT2D eigenvalue weighted by molar-refractivity contribution is 5.59. The predicted molar refractivity (Wildman–Crippen MR) is 113 cm³/mol. The molecule has 178 valence electrons. The molecule has 3 rings (SSSR count). The fourth-order valence-corrected chi connectivity index (χ4v) is 2.82. The molecular formula is C21H19F5N8. The first-order chi connectivity index (χ1) is 15.9. The van der Waals surface area contributed by atoms with Crippen LogP contribution in [0.3, 0.4) is 0 Å². The average molecular weight is 478 g/mol. The van der Waals surface area contributed by atoms with Crippen molar-refractivity contribution < 1.29 is 22.0 Å². The minimum absolute atomic E-state index is 0.0196. The lowest BCUT2D eigenvalue weighted by Crippen LogP contribution is -2.31. The molecule has 0 aliphatic heterocycles. The number of aromatic nitrogens is 5. The van der Waals surface area contributed by atoms with E-state index < -0.39 is 30.3 Å². The molecule has 0 saturated heterocycles. The van der Waals surface area contributed by atoms with E-state index >= 15 is 0 Å². The van der Waals surface area contributed by atoms with Crippen LogP contribution >= 0.6 is 0 Å². The van der Waals surface area contributed by atoms with Gasteiger partial charge in [-0.05, 0) is 38.1 Å². The fourth-order valence-electron chi connectivity index (χ4n) is 2.82. The van der Waals surface area contributed by atoms with Gasteiger partial charge in [0.15, 0.2) is 5.82 Å². The van der Waals surface area contributed by atoms with Crippen molar-refractivity contribution in [2.75, 3.05) is 10.6 Å². The third-order valence-electron chi connectivity index (χ3n) is 4.31. The molecular weight excluding hydrogens is 459 g/mol. The van der Waals surface area contributed by atoms with Gasteiger partial charge in [-0.3, -0.25) is 4.98 Å². The largest absolute Gasteiger partial charge is 0.433 e. The third kappa shape index (κ3) is 6.77. The topological polar surface area (TPSA) is 112 Å². The highest BCUT2D eigenvalue weighted by Gasteiger charge is 2.33. The van der Waals surface area contributed by atoms with Crippen LogP contribution in [0.2, 0.25) is 0 Å². The summed E-state index contributed by atoms with van der Waals surface area (Å²) in [6.07, 6.45) is -6.40. The summed E-state index contributed by atoms with van der Waals surface area (Å²) in [5, 5.41) is 14.8. The zero-order chi connectivity index (χ0) is 24.9. The molecule has 3 heterocycles. The van der Waals surface area contributed by atoms with E-state index in [1.165, 1.54) is 30.5 Å². The minimum atomic E-state index is -4.67. The van der Waals surface area contributed by atoms with E-state index in [0.717, 1.165) is 6.07 Å². The molecule has 0 amide bonds. The summed E-state index contributed by atoms with van der Waals surface area (Å²) in [5.41, 5.74) is -1.59. The van der Waals surface area contributed by atoms with Gasteiger partial charge in [0.2, 0.25) is 18.3 Å². The van der Waals surface area contributed by atoms with Gasteiger partial charge >= 0.3 is 6.18 Å². The van der Waals surface area contributed by atoms with Gasteiger partial charge in [-0.15, -0.1) is 0 Å². The molecule has 0 radical (unpaired) electrons. The number of alkyl halides is 5. The normalized spacial score (nSPS) is 11.9. The Morgan fingerprint density at radius 2 is 1.76 bits per heavy atom. The molecule has 8 nitrogen and oxygen atoms in total. The quantitative estimate of drug-likeness (QED) is 0.435. The van der Waals surface area contributed by atoms with Crippen LogP contribution in [0.5, 0.6) is 0 Å². The Labute approximate surface area is 191 Å². The molecule has 13 heteroatoms. The zero-order valence-electron chi connectivity index (χ0n) is 18.0. The second kappa shape index (κ2) is 9.90. The minimum Gasteiger partial charge on any atom is -0.348 e. The van der Waals surface area contributed by atoms with Crippen molar-refractivity contribution in [2.45, 2.75) is 44.8 Å². The Morgan fingerprint density at radius 3 is 2.44 bits per heavy atom. The highest BCUT2D eigenvalue weighted by atomic mass is 19.4. The van der Waals surface area contributed by atoms with E-state index in [-0.39, 0.29) is 35.5 Å². The van der Waals surface area contributed by atoms with Gasteiger partial charge in [-0.1, -0.05) is 6.07 Å². The molecule has 2 N–H and O–H groups in total. The number of pyridine rings is 2. The van der Waals surface area contributed by atoms with Gasteiger partial charge in [0, 0.05) is 23.1 Å². The van der Waals surface area contributed by atoms with E-state index in [2.05, 4.69) is 35.6 Å². The van der Waals surface area contributed by atoms with Crippen LogP contribution in [0.4, 0.5) is 39.5 Å². The number of anilines is 3. The van der Waals surface area contributed by atoms with Crippen molar-refractivity contribution in [3.63, 3.8) is 0 Å². The summed E-state index contributed by atoms with van der Waals surface area (Å²) in [4.78, 5) is 20.0. The van der Waals surface area contributed by atoms with Gasteiger partial charge in [-0.2, -0.15) is 33.4 Å². The van der Waals surface area contributed by atoms with Crippen LogP contribution in [0, 0.1) is 11.3 Å². The van der Waals surface area contributed by atoms with Gasteiger partial charge in [0.25, 0.3) is 0 Å². The smallest absolute Gasteiger partial charge is 0.348 e. The molecule has 0 fully saturated rings. The number of hydrogen-bond acceptors (Lipinski definition) is 8. The Balaban J connectivity index is 2.03. The van der Waals surface area contributed by atoms with Crippen molar-refractivity contribution in [1.82, 2.24) is 24.9 Å². The van der Waals surface area contributed by atoms with Crippen molar-refractivity contribution in [1.29, 1.82) is 5.26 Å². The highest BCUT2D eigenvalue weighted by Crippen LogP contribution is 2.29. The van der Waals surface area contributed by atoms with Crippen molar-refractivity contribution >= 4 is 17.6 Å². The van der Waals surface area contributed by atoms with Crippen molar-refractivity contribution in [3.8, 4) is 17.6 Å². The summed E-state index contributed by atoms with van der Waals surface area (Å²) in [7, 11) is 0. The summed E-state index contributed by atoms with van der Waals surface area (Å²) in [6, 6.07) is 8.20. The fraction of sp³-hybridized carbons (Fsp3) is 0.333. The number of nitriles is 1.